The zero-order valence-corrected chi connectivity index (χ0v) is 20.1. The summed E-state index contributed by atoms with van der Waals surface area (Å²) >= 11 is 0. The lowest BCUT2D eigenvalue weighted by Crippen LogP contribution is -2.24. The highest BCUT2D eigenvalue weighted by atomic mass is 32.2. The first-order valence-corrected chi connectivity index (χ1v) is 12.1. The molecule has 0 spiro atoms. The molecule has 8 nitrogen and oxygen atoms in total. The molecule has 0 aliphatic heterocycles. The molecule has 0 fully saturated rings. The Balaban J connectivity index is 1.70. The maximum absolute atomic E-state index is 12.9. The zero-order valence-electron chi connectivity index (χ0n) is 19.3. The van der Waals surface area contributed by atoms with E-state index in [2.05, 4.69) is 10.0 Å². The Labute approximate surface area is 199 Å². The molecule has 34 heavy (non-hydrogen) atoms. The van der Waals surface area contributed by atoms with Crippen LogP contribution in [0.3, 0.4) is 0 Å². The highest BCUT2D eigenvalue weighted by molar-refractivity contribution is 7.92. The van der Waals surface area contributed by atoms with E-state index in [1.54, 1.807) is 44.4 Å². The molecule has 0 heterocycles. The van der Waals surface area contributed by atoms with E-state index in [9.17, 15) is 13.2 Å². The molecule has 0 aromatic heterocycles. The standard InChI is InChI=1S/C25H28N2O6S/c1-18-7-12-23(34(29,30)27-20-8-10-21(32-3)11-9-20)16-24(18)25(28)26-17-19-5-4-6-22(15-19)33-14-13-31-2/h4-12,15-16,27H,13-14,17H2,1-3H3,(H,26,28). The van der Waals surface area contributed by atoms with Gasteiger partial charge in [0.15, 0.2) is 0 Å². The van der Waals surface area contributed by atoms with E-state index in [4.69, 9.17) is 14.2 Å². The molecule has 0 aliphatic carbocycles. The lowest BCUT2D eigenvalue weighted by atomic mass is 10.1. The van der Waals surface area contributed by atoms with Gasteiger partial charge in [-0.05, 0) is 66.6 Å². The number of hydrogen-bond donors (Lipinski definition) is 2. The third-order valence-corrected chi connectivity index (χ3v) is 6.39. The Morgan fingerprint density at radius 2 is 1.68 bits per heavy atom. The Kier molecular flexibility index (Phi) is 8.50. The Morgan fingerprint density at radius 1 is 0.912 bits per heavy atom. The molecule has 3 aromatic carbocycles. The molecule has 0 aliphatic rings. The maximum Gasteiger partial charge on any atom is 0.261 e. The molecule has 0 saturated carbocycles. The number of ether oxygens (including phenoxy) is 3. The number of amides is 1. The van der Waals surface area contributed by atoms with Gasteiger partial charge in [-0.1, -0.05) is 18.2 Å². The van der Waals surface area contributed by atoms with Gasteiger partial charge in [0, 0.05) is 24.9 Å². The van der Waals surface area contributed by atoms with E-state index in [0.717, 1.165) is 5.56 Å². The van der Waals surface area contributed by atoms with Crippen molar-refractivity contribution >= 4 is 21.6 Å². The van der Waals surface area contributed by atoms with E-state index in [-0.39, 0.29) is 22.9 Å². The summed E-state index contributed by atoms with van der Waals surface area (Å²) in [5, 5.41) is 2.84. The van der Waals surface area contributed by atoms with Crippen molar-refractivity contribution in [2.75, 3.05) is 32.2 Å². The molecule has 3 aromatic rings. The smallest absolute Gasteiger partial charge is 0.261 e. The van der Waals surface area contributed by atoms with Crippen LogP contribution in [0.4, 0.5) is 5.69 Å². The molecular weight excluding hydrogens is 456 g/mol. The van der Waals surface area contributed by atoms with Gasteiger partial charge < -0.3 is 19.5 Å². The minimum absolute atomic E-state index is 0.00684. The lowest BCUT2D eigenvalue weighted by Gasteiger charge is -2.13. The fourth-order valence-corrected chi connectivity index (χ4v) is 4.24. The fourth-order valence-electron chi connectivity index (χ4n) is 3.15. The number of methoxy groups -OCH3 is 2. The second-order valence-corrected chi connectivity index (χ2v) is 9.16. The first-order valence-electron chi connectivity index (χ1n) is 10.6. The summed E-state index contributed by atoms with van der Waals surface area (Å²) in [5.41, 5.74) is 2.19. The number of carbonyl (C=O) groups excluding carboxylic acids is 1. The quantitative estimate of drug-likeness (QED) is 0.402. The summed E-state index contributed by atoms with van der Waals surface area (Å²) in [6.07, 6.45) is 0. The molecule has 9 heteroatoms. The van der Waals surface area contributed by atoms with Gasteiger partial charge in [0.2, 0.25) is 0 Å². The van der Waals surface area contributed by atoms with Crippen molar-refractivity contribution in [2.45, 2.75) is 18.4 Å². The SMILES string of the molecule is COCCOc1cccc(CNC(=O)c2cc(S(=O)(=O)Nc3ccc(OC)cc3)ccc2C)c1. The zero-order chi connectivity index (χ0) is 24.6. The molecule has 0 unspecified atom stereocenters. The van der Waals surface area contributed by atoms with Crippen molar-refractivity contribution < 1.29 is 27.4 Å². The first kappa shape index (κ1) is 25.1. The molecule has 0 bridgehead atoms. The Bertz CT molecular complexity index is 1230. The molecule has 1 amide bonds. The second-order valence-electron chi connectivity index (χ2n) is 7.48. The van der Waals surface area contributed by atoms with Gasteiger partial charge in [-0.25, -0.2) is 8.42 Å². The van der Waals surface area contributed by atoms with E-state index in [1.165, 1.54) is 19.2 Å². The summed E-state index contributed by atoms with van der Waals surface area (Å²) in [4.78, 5) is 12.8. The minimum atomic E-state index is -3.89. The van der Waals surface area contributed by atoms with Gasteiger partial charge in [-0.3, -0.25) is 9.52 Å². The van der Waals surface area contributed by atoms with E-state index >= 15 is 0 Å². The third-order valence-electron chi connectivity index (χ3n) is 5.01. The minimum Gasteiger partial charge on any atom is -0.497 e. The highest BCUT2D eigenvalue weighted by Gasteiger charge is 2.18. The van der Waals surface area contributed by atoms with Crippen LogP contribution in [-0.2, 0) is 21.3 Å². The number of sulfonamides is 1. The van der Waals surface area contributed by atoms with E-state index in [0.29, 0.717) is 36.0 Å². The predicted molar refractivity (Wildman–Crippen MR) is 130 cm³/mol. The van der Waals surface area contributed by atoms with Crippen molar-refractivity contribution in [3.8, 4) is 11.5 Å². The highest BCUT2D eigenvalue weighted by Crippen LogP contribution is 2.21. The third kappa shape index (κ3) is 6.72. The van der Waals surface area contributed by atoms with Crippen LogP contribution in [0.15, 0.2) is 71.6 Å². The summed E-state index contributed by atoms with van der Waals surface area (Å²) in [7, 11) is -0.750. The number of benzene rings is 3. The monoisotopic (exact) mass is 484 g/mol. The number of aryl methyl sites for hydroxylation is 1. The molecule has 180 valence electrons. The normalized spacial score (nSPS) is 11.0. The lowest BCUT2D eigenvalue weighted by molar-refractivity contribution is 0.0950. The van der Waals surface area contributed by atoms with Crippen molar-refractivity contribution in [3.05, 3.63) is 83.4 Å². The number of carbonyl (C=O) groups is 1. The van der Waals surface area contributed by atoms with Gasteiger partial charge in [-0.15, -0.1) is 0 Å². The van der Waals surface area contributed by atoms with Crippen LogP contribution in [0, 0.1) is 6.92 Å². The van der Waals surface area contributed by atoms with Gasteiger partial charge in [0.05, 0.1) is 18.6 Å². The van der Waals surface area contributed by atoms with Crippen molar-refractivity contribution in [2.24, 2.45) is 0 Å². The first-order chi connectivity index (χ1) is 16.3. The van der Waals surface area contributed by atoms with Gasteiger partial charge in [0.1, 0.15) is 18.1 Å². The van der Waals surface area contributed by atoms with Crippen LogP contribution in [0.1, 0.15) is 21.5 Å². The Morgan fingerprint density at radius 3 is 2.38 bits per heavy atom. The van der Waals surface area contributed by atoms with E-state index in [1.807, 2.05) is 24.3 Å². The largest absolute Gasteiger partial charge is 0.497 e. The molecule has 3 rings (SSSR count). The summed E-state index contributed by atoms with van der Waals surface area (Å²) < 4.78 is 43.9. The second kappa shape index (κ2) is 11.5. The average Bonchev–Trinajstić information content (AvgIpc) is 2.83. The van der Waals surface area contributed by atoms with Gasteiger partial charge >= 0.3 is 0 Å². The summed E-state index contributed by atoms with van der Waals surface area (Å²) in [6.45, 7) is 2.93. The number of hydrogen-bond acceptors (Lipinski definition) is 6. The maximum atomic E-state index is 12.9. The van der Waals surface area contributed by atoms with Crippen molar-refractivity contribution in [3.63, 3.8) is 0 Å². The number of nitrogens with one attached hydrogen (secondary N) is 2. The van der Waals surface area contributed by atoms with Gasteiger partial charge in [0.25, 0.3) is 15.9 Å². The van der Waals surface area contributed by atoms with Crippen molar-refractivity contribution in [1.29, 1.82) is 0 Å². The fraction of sp³-hybridized carbons (Fsp3) is 0.240. The van der Waals surface area contributed by atoms with Crippen LogP contribution in [0.2, 0.25) is 0 Å². The Hall–Kier alpha value is -3.56. The summed E-state index contributed by atoms with van der Waals surface area (Å²) in [6, 6.07) is 18.4. The molecular formula is C25H28N2O6S. The van der Waals surface area contributed by atoms with Crippen LogP contribution in [-0.4, -0.2) is 41.8 Å². The van der Waals surface area contributed by atoms with Crippen LogP contribution in [0.25, 0.3) is 0 Å². The van der Waals surface area contributed by atoms with Crippen molar-refractivity contribution in [1.82, 2.24) is 5.32 Å². The van der Waals surface area contributed by atoms with Crippen LogP contribution >= 0.6 is 0 Å². The topological polar surface area (TPSA) is 103 Å². The molecule has 2 N–H and O–H groups in total. The average molecular weight is 485 g/mol. The molecule has 0 saturated heterocycles. The molecule has 0 radical (unpaired) electrons. The predicted octanol–water partition coefficient (Wildman–Crippen LogP) is 3.76. The number of anilines is 1. The number of rotatable bonds is 11. The van der Waals surface area contributed by atoms with Crippen LogP contribution < -0.4 is 19.5 Å². The van der Waals surface area contributed by atoms with Gasteiger partial charge in [-0.2, -0.15) is 0 Å². The van der Waals surface area contributed by atoms with Crippen LogP contribution in [0.5, 0.6) is 11.5 Å². The van der Waals surface area contributed by atoms with E-state index < -0.39 is 10.0 Å². The summed E-state index contributed by atoms with van der Waals surface area (Å²) in [5.74, 6) is 0.923. The molecule has 0 atom stereocenters.